The third-order valence-corrected chi connectivity index (χ3v) is 8.18. The van der Waals surface area contributed by atoms with E-state index in [0.717, 1.165) is 43.6 Å². The van der Waals surface area contributed by atoms with Crippen LogP contribution >= 0.6 is 0 Å². The van der Waals surface area contributed by atoms with E-state index >= 15 is 0 Å². The molecule has 0 spiro atoms. The first-order valence-electron chi connectivity index (χ1n) is 9.13. The van der Waals surface area contributed by atoms with Crippen molar-refractivity contribution in [3.8, 4) is 0 Å². The molecule has 0 aromatic heterocycles. The van der Waals surface area contributed by atoms with Crippen molar-refractivity contribution in [2.24, 2.45) is 23.7 Å². The number of nitro groups is 1. The molecule has 1 N–H and O–H groups in total. The Morgan fingerprint density at radius 3 is 2.35 bits per heavy atom. The first kappa shape index (κ1) is 17.9. The average Bonchev–Trinajstić information content (AvgIpc) is 2.61. The molecule has 0 saturated heterocycles. The first-order valence-corrected chi connectivity index (χ1v) is 10.6. The summed E-state index contributed by atoms with van der Waals surface area (Å²) in [6.45, 7) is 0.225. The lowest BCUT2D eigenvalue weighted by atomic mass is 9.50. The van der Waals surface area contributed by atoms with Gasteiger partial charge in [0.25, 0.3) is 5.69 Å². The molecular formula is C18H24N2O5S. The normalized spacial score (nSPS) is 35.6. The fraction of sp³-hybridized carbons (Fsp3) is 0.667. The minimum atomic E-state index is -3.83. The number of nitrogens with one attached hydrogen (secondary N) is 1. The van der Waals surface area contributed by atoms with Crippen molar-refractivity contribution in [1.82, 2.24) is 4.72 Å². The number of nitro benzene ring substituents is 1. The smallest absolute Gasteiger partial charge is 0.270 e. The van der Waals surface area contributed by atoms with Crippen LogP contribution in [0.2, 0.25) is 0 Å². The third-order valence-electron chi connectivity index (χ3n) is 6.78. The van der Waals surface area contributed by atoms with Gasteiger partial charge in [-0.15, -0.1) is 0 Å². The van der Waals surface area contributed by atoms with Gasteiger partial charge in [0, 0.05) is 25.8 Å². The van der Waals surface area contributed by atoms with Gasteiger partial charge in [0.05, 0.1) is 15.4 Å². The molecule has 0 aliphatic heterocycles. The Morgan fingerprint density at radius 1 is 1.19 bits per heavy atom. The fourth-order valence-corrected chi connectivity index (χ4v) is 6.85. The lowest BCUT2D eigenvalue weighted by Crippen LogP contribution is -2.63. The van der Waals surface area contributed by atoms with Gasteiger partial charge in [-0.25, -0.2) is 13.1 Å². The van der Waals surface area contributed by atoms with Crippen LogP contribution in [0.3, 0.4) is 0 Å². The number of ether oxygens (including phenoxy) is 1. The summed E-state index contributed by atoms with van der Waals surface area (Å²) in [5, 5.41) is 10.9. The summed E-state index contributed by atoms with van der Waals surface area (Å²) in [5.41, 5.74) is -0.690. The van der Waals surface area contributed by atoms with Crippen LogP contribution in [-0.2, 0) is 14.8 Å². The van der Waals surface area contributed by atoms with Crippen molar-refractivity contribution in [1.29, 1.82) is 0 Å². The standard InChI is InChI=1S/C18H24N2O5S/c1-25-18(14-6-12-5-13(8-14)9-15(18)7-12)11-19-26(23,24)17-4-2-3-16(10-17)20(21)22/h2-4,10,12-15,19H,5-9,11H2,1H3. The molecule has 1 aromatic rings. The second-order valence-corrected chi connectivity index (χ2v) is 9.81. The number of benzene rings is 1. The highest BCUT2D eigenvalue weighted by Gasteiger charge is 2.57. The molecule has 7 nitrogen and oxygen atoms in total. The molecule has 142 valence electrons. The van der Waals surface area contributed by atoms with Gasteiger partial charge in [0.1, 0.15) is 0 Å². The van der Waals surface area contributed by atoms with Gasteiger partial charge in [-0.1, -0.05) is 6.07 Å². The van der Waals surface area contributed by atoms with Gasteiger partial charge in [-0.05, 0) is 61.8 Å². The van der Waals surface area contributed by atoms with Crippen molar-refractivity contribution in [3.05, 3.63) is 34.4 Å². The van der Waals surface area contributed by atoms with Crippen molar-refractivity contribution < 1.29 is 18.1 Å². The number of methoxy groups -OCH3 is 1. The van der Waals surface area contributed by atoms with Crippen molar-refractivity contribution in [2.45, 2.75) is 42.6 Å². The Morgan fingerprint density at radius 2 is 1.81 bits per heavy atom. The Kier molecular flexibility index (Phi) is 4.32. The first-order chi connectivity index (χ1) is 12.3. The van der Waals surface area contributed by atoms with E-state index in [1.807, 2.05) is 0 Å². The fourth-order valence-electron chi connectivity index (χ4n) is 5.73. The predicted molar refractivity (Wildman–Crippen MR) is 95.1 cm³/mol. The van der Waals surface area contributed by atoms with Gasteiger partial charge < -0.3 is 4.74 Å². The lowest BCUT2D eigenvalue weighted by Gasteiger charge is -2.60. The quantitative estimate of drug-likeness (QED) is 0.604. The Bertz CT molecular complexity index is 795. The molecule has 4 aliphatic carbocycles. The predicted octanol–water partition coefficient (Wildman–Crippen LogP) is 2.71. The summed E-state index contributed by atoms with van der Waals surface area (Å²) < 4.78 is 34.1. The molecule has 0 amide bonds. The zero-order valence-corrected chi connectivity index (χ0v) is 15.6. The van der Waals surface area contributed by atoms with Crippen LogP contribution in [0.25, 0.3) is 0 Å². The van der Waals surface area contributed by atoms with Crippen molar-refractivity contribution >= 4 is 15.7 Å². The van der Waals surface area contributed by atoms with E-state index in [4.69, 9.17) is 4.74 Å². The molecule has 5 rings (SSSR count). The summed E-state index contributed by atoms with van der Waals surface area (Å²) in [6, 6.07) is 5.15. The number of hydrogen-bond donors (Lipinski definition) is 1. The van der Waals surface area contributed by atoms with Crippen LogP contribution in [-0.4, -0.2) is 32.6 Å². The number of rotatable bonds is 6. The minimum absolute atomic E-state index is 0.0817. The Balaban J connectivity index is 1.55. The second-order valence-electron chi connectivity index (χ2n) is 8.04. The zero-order valence-electron chi connectivity index (χ0n) is 14.8. The molecule has 1 aromatic carbocycles. The van der Waals surface area contributed by atoms with Crippen LogP contribution in [0.1, 0.15) is 32.1 Å². The maximum Gasteiger partial charge on any atom is 0.270 e. The zero-order chi connectivity index (χ0) is 18.5. The maximum absolute atomic E-state index is 12.7. The summed E-state index contributed by atoms with van der Waals surface area (Å²) in [6.07, 6.45) is 5.75. The summed E-state index contributed by atoms with van der Waals surface area (Å²) in [4.78, 5) is 10.2. The highest BCUT2D eigenvalue weighted by molar-refractivity contribution is 7.89. The molecule has 8 heteroatoms. The maximum atomic E-state index is 12.7. The Labute approximate surface area is 153 Å². The molecule has 4 saturated carbocycles. The molecule has 4 bridgehead atoms. The van der Waals surface area contributed by atoms with E-state index in [1.54, 1.807) is 7.11 Å². The molecule has 0 atom stereocenters. The van der Waals surface area contributed by atoms with E-state index in [0.29, 0.717) is 11.8 Å². The number of hydrogen-bond acceptors (Lipinski definition) is 5. The van der Waals surface area contributed by atoms with Gasteiger partial charge in [-0.3, -0.25) is 10.1 Å². The van der Waals surface area contributed by atoms with Gasteiger partial charge in [0.2, 0.25) is 10.0 Å². The number of nitrogens with zero attached hydrogens (tertiary/aromatic N) is 1. The van der Waals surface area contributed by atoms with E-state index in [-0.39, 0.29) is 17.1 Å². The molecular weight excluding hydrogens is 356 g/mol. The molecule has 4 aliphatic rings. The SMILES string of the molecule is COC1(CNS(=O)(=O)c2cccc([N+](=O)[O-])c2)C2CC3CC(C2)CC1C3. The van der Waals surface area contributed by atoms with Crippen molar-refractivity contribution in [3.63, 3.8) is 0 Å². The van der Waals surface area contributed by atoms with Gasteiger partial charge in [0.15, 0.2) is 0 Å². The van der Waals surface area contributed by atoms with E-state index in [1.165, 1.54) is 24.6 Å². The third kappa shape index (κ3) is 2.84. The highest BCUT2D eigenvalue weighted by atomic mass is 32.2. The average molecular weight is 380 g/mol. The van der Waals surface area contributed by atoms with Crippen LogP contribution in [0, 0.1) is 33.8 Å². The summed E-state index contributed by atoms with van der Waals surface area (Å²) >= 11 is 0. The minimum Gasteiger partial charge on any atom is -0.376 e. The molecule has 0 unspecified atom stereocenters. The van der Waals surface area contributed by atoms with E-state index in [9.17, 15) is 18.5 Å². The van der Waals surface area contributed by atoms with Gasteiger partial charge >= 0.3 is 0 Å². The molecule has 0 heterocycles. The summed E-state index contributed by atoms with van der Waals surface area (Å²) in [5.74, 6) is 2.29. The number of sulfonamides is 1. The highest BCUT2D eigenvalue weighted by Crippen LogP contribution is 2.59. The molecule has 0 radical (unpaired) electrons. The summed E-state index contributed by atoms with van der Waals surface area (Å²) in [7, 11) is -2.15. The Hall–Kier alpha value is -1.51. The van der Waals surface area contributed by atoms with Crippen molar-refractivity contribution in [2.75, 3.05) is 13.7 Å². The second kappa shape index (κ2) is 6.28. The number of non-ortho nitro benzene ring substituents is 1. The monoisotopic (exact) mass is 380 g/mol. The van der Waals surface area contributed by atoms with Crippen LogP contribution < -0.4 is 4.72 Å². The van der Waals surface area contributed by atoms with Crippen LogP contribution in [0.4, 0.5) is 5.69 Å². The van der Waals surface area contributed by atoms with Crippen LogP contribution in [0.15, 0.2) is 29.2 Å². The molecule has 26 heavy (non-hydrogen) atoms. The molecule has 4 fully saturated rings. The van der Waals surface area contributed by atoms with Crippen LogP contribution in [0.5, 0.6) is 0 Å². The topological polar surface area (TPSA) is 98.5 Å². The van der Waals surface area contributed by atoms with E-state index < -0.39 is 20.5 Å². The lowest BCUT2D eigenvalue weighted by molar-refractivity contribution is -0.385. The van der Waals surface area contributed by atoms with E-state index in [2.05, 4.69) is 4.72 Å². The van der Waals surface area contributed by atoms with Gasteiger partial charge in [-0.2, -0.15) is 0 Å². The largest absolute Gasteiger partial charge is 0.376 e.